The molecule has 1 N–H and O–H groups in total. The summed E-state index contributed by atoms with van der Waals surface area (Å²) >= 11 is 1.47. The van der Waals surface area contributed by atoms with E-state index in [0.717, 1.165) is 49.7 Å². The van der Waals surface area contributed by atoms with Crippen LogP contribution in [0.25, 0.3) is 4.96 Å². The summed E-state index contributed by atoms with van der Waals surface area (Å²) in [5.41, 5.74) is 0.592. The van der Waals surface area contributed by atoms with E-state index in [-0.39, 0.29) is 11.5 Å². The van der Waals surface area contributed by atoms with Crippen molar-refractivity contribution in [1.82, 2.24) is 29.7 Å². The second-order valence-electron chi connectivity index (χ2n) is 6.82. The number of nitrogens with one attached hydrogen (secondary N) is 1. The largest absolute Gasteiger partial charge is 0.352 e. The highest BCUT2D eigenvalue weighted by Gasteiger charge is 2.25. The van der Waals surface area contributed by atoms with Crippen LogP contribution in [0.3, 0.4) is 0 Å². The van der Waals surface area contributed by atoms with Gasteiger partial charge in [0.1, 0.15) is 5.01 Å². The summed E-state index contributed by atoms with van der Waals surface area (Å²) in [6.07, 6.45) is 2.25. The number of carbonyl (C=O) groups is 1. The number of rotatable bonds is 5. The van der Waals surface area contributed by atoms with E-state index in [1.807, 2.05) is 6.92 Å². The molecule has 0 aromatic carbocycles. The maximum atomic E-state index is 11.9. The molecule has 1 aliphatic carbocycles. The Bertz CT molecular complexity index is 835. The van der Waals surface area contributed by atoms with Gasteiger partial charge in [0.2, 0.25) is 10.9 Å². The number of hydrogen-bond acceptors (Lipinski definition) is 7. The van der Waals surface area contributed by atoms with Crippen LogP contribution in [-0.4, -0.2) is 69.1 Å². The van der Waals surface area contributed by atoms with E-state index in [9.17, 15) is 9.59 Å². The van der Waals surface area contributed by atoms with Gasteiger partial charge >= 0.3 is 0 Å². The van der Waals surface area contributed by atoms with Crippen molar-refractivity contribution in [3.8, 4) is 0 Å². The summed E-state index contributed by atoms with van der Waals surface area (Å²) in [5, 5.41) is 8.33. The van der Waals surface area contributed by atoms with Crippen molar-refractivity contribution in [3.63, 3.8) is 0 Å². The monoisotopic (exact) mass is 362 g/mol. The van der Waals surface area contributed by atoms with Crippen molar-refractivity contribution in [3.05, 3.63) is 27.1 Å². The Morgan fingerprint density at radius 3 is 2.72 bits per heavy atom. The lowest BCUT2D eigenvalue weighted by Crippen LogP contribution is -2.49. The fraction of sp³-hybridized carbons (Fsp3) is 0.625. The van der Waals surface area contributed by atoms with Crippen LogP contribution < -0.4 is 10.9 Å². The Kier molecular flexibility index (Phi) is 4.53. The van der Waals surface area contributed by atoms with Crippen molar-refractivity contribution >= 4 is 22.2 Å². The quantitative estimate of drug-likeness (QED) is 0.797. The van der Waals surface area contributed by atoms with Crippen LogP contribution >= 0.6 is 11.3 Å². The average molecular weight is 362 g/mol. The molecule has 1 saturated heterocycles. The fourth-order valence-corrected chi connectivity index (χ4v) is 4.01. The molecule has 0 bridgehead atoms. The van der Waals surface area contributed by atoms with Crippen molar-refractivity contribution < 1.29 is 4.79 Å². The van der Waals surface area contributed by atoms with Gasteiger partial charge in [-0.3, -0.25) is 19.4 Å². The second-order valence-corrected chi connectivity index (χ2v) is 7.86. The van der Waals surface area contributed by atoms with Crippen LogP contribution in [-0.2, 0) is 11.3 Å². The number of aryl methyl sites for hydroxylation is 1. The molecular formula is C16H22N6O2S. The Hall–Kier alpha value is -1.84. The van der Waals surface area contributed by atoms with Crippen LogP contribution in [0.5, 0.6) is 0 Å². The molecule has 2 fully saturated rings. The highest BCUT2D eigenvalue weighted by atomic mass is 32.1. The molecule has 25 heavy (non-hydrogen) atoms. The summed E-state index contributed by atoms with van der Waals surface area (Å²) in [6.45, 7) is 6.57. The number of hydrogen-bond donors (Lipinski definition) is 1. The molecule has 4 rings (SSSR count). The first-order valence-electron chi connectivity index (χ1n) is 8.67. The molecule has 2 aromatic rings. The van der Waals surface area contributed by atoms with E-state index in [1.54, 1.807) is 0 Å². The molecule has 134 valence electrons. The lowest BCUT2D eigenvalue weighted by Gasteiger charge is -2.33. The average Bonchev–Trinajstić information content (AvgIpc) is 3.27. The molecule has 9 heteroatoms. The van der Waals surface area contributed by atoms with Crippen molar-refractivity contribution in [1.29, 1.82) is 0 Å². The van der Waals surface area contributed by atoms with Gasteiger partial charge in [0.25, 0.3) is 5.56 Å². The lowest BCUT2D eigenvalue weighted by molar-refractivity contribution is -0.122. The van der Waals surface area contributed by atoms with E-state index in [1.165, 1.54) is 21.9 Å². The van der Waals surface area contributed by atoms with Crippen molar-refractivity contribution in [2.45, 2.75) is 32.4 Å². The maximum absolute atomic E-state index is 11.9. The topological polar surface area (TPSA) is 82.8 Å². The van der Waals surface area contributed by atoms with Crippen LogP contribution in [0, 0.1) is 6.92 Å². The zero-order chi connectivity index (χ0) is 17.4. The molecule has 0 radical (unpaired) electrons. The smallest absolute Gasteiger partial charge is 0.275 e. The molecule has 3 heterocycles. The first-order chi connectivity index (χ1) is 12.1. The molecule has 1 aliphatic heterocycles. The highest BCUT2D eigenvalue weighted by Crippen LogP contribution is 2.18. The van der Waals surface area contributed by atoms with Gasteiger partial charge in [-0.25, -0.2) is 4.98 Å². The van der Waals surface area contributed by atoms with E-state index in [0.29, 0.717) is 24.1 Å². The first kappa shape index (κ1) is 16.6. The first-order valence-corrected chi connectivity index (χ1v) is 9.49. The molecule has 1 saturated carbocycles. The molecule has 1 amide bonds. The predicted molar refractivity (Wildman–Crippen MR) is 94.8 cm³/mol. The highest BCUT2D eigenvalue weighted by molar-refractivity contribution is 7.16. The Balaban J connectivity index is 1.31. The van der Waals surface area contributed by atoms with Gasteiger partial charge in [0.05, 0.1) is 13.1 Å². The van der Waals surface area contributed by atoms with Gasteiger partial charge < -0.3 is 5.32 Å². The third-order valence-electron chi connectivity index (χ3n) is 4.55. The molecule has 0 unspecified atom stereocenters. The Morgan fingerprint density at radius 1 is 1.28 bits per heavy atom. The standard InChI is InChI=1S/C16H22N6O2S/c1-11-8-15(24)22-16(17-11)25-14(19-22)10-21-6-4-20(5-7-21)9-13(23)18-12-2-3-12/h8,12H,2-7,9-10H2,1H3,(H,18,23). The van der Waals surface area contributed by atoms with Gasteiger partial charge in [-0.15, -0.1) is 0 Å². The molecular weight excluding hydrogens is 340 g/mol. The minimum absolute atomic E-state index is 0.128. The van der Waals surface area contributed by atoms with E-state index >= 15 is 0 Å². The molecule has 8 nitrogen and oxygen atoms in total. The van der Waals surface area contributed by atoms with Crippen molar-refractivity contribution in [2.24, 2.45) is 0 Å². The fourth-order valence-electron chi connectivity index (χ4n) is 3.02. The van der Waals surface area contributed by atoms with Gasteiger partial charge in [0.15, 0.2) is 0 Å². The molecule has 0 atom stereocenters. The molecule has 2 aromatic heterocycles. The zero-order valence-corrected chi connectivity index (χ0v) is 15.1. The SMILES string of the molecule is Cc1cc(=O)n2nc(CN3CCN(CC(=O)NC4CC4)CC3)sc2n1. The number of fused-ring (bicyclic) bond motifs is 1. The van der Waals surface area contributed by atoms with Crippen LogP contribution in [0.1, 0.15) is 23.5 Å². The third kappa shape index (κ3) is 4.05. The van der Waals surface area contributed by atoms with Gasteiger partial charge in [0, 0.05) is 44.0 Å². The van der Waals surface area contributed by atoms with E-state index in [2.05, 4.69) is 25.2 Å². The second kappa shape index (κ2) is 6.81. The molecule has 0 spiro atoms. The summed E-state index contributed by atoms with van der Waals surface area (Å²) in [7, 11) is 0. The summed E-state index contributed by atoms with van der Waals surface area (Å²) in [4.78, 5) is 33.3. The van der Waals surface area contributed by atoms with Gasteiger partial charge in [-0.2, -0.15) is 9.61 Å². The van der Waals surface area contributed by atoms with Crippen LogP contribution in [0.4, 0.5) is 0 Å². The maximum Gasteiger partial charge on any atom is 0.275 e. The summed E-state index contributed by atoms with van der Waals surface area (Å²) < 4.78 is 1.38. The van der Waals surface area contributed by atoms with Crippen LogP contribution in [0.2, 0.25) is 0 Å². The minimum Gasteiger partial charge on any atom is -0.352 e. The predicted octanol–water partition coefficient (Wildman–Crippen LogP) is -0.144. The third-order valence-corrected chi connectivity index (χ3v) is 5.44. The normalized spacial score (nSPS) is 19.4. The number of piperazine rings is 1. The lowest BCUT2D eigenvalue weighted by atomic mass is 10.3. The minimum atomic E-state index is -0.128. The number of nitrogens with zero attached hydrogens (tertiary/aromatic N) is 5. The summed E-state index contributed by atoms with van der Waals surface area (Å²) in [5.74, 6) is 0.142. The van der Waals surface area contributed by atoms with E-state index < -0.39 is 0 Å². The summed E-state index contributed by atoms with van der Waals surface area (Å²) in [6, 6.07) is 1.93. The Labute approximate surface area is 149 Å². The zero-order valence-electron chi connectivity index (χ0n) is 14.3. The number of carbonyl (C=O) groups excluding carboxylic acids is 1. The number of aromatic nitrogens is 3. The van der Waals surface area contributed by atoms with Gasteiger partial charge in [-0.1, -0.05) is 11.3 Å². The number of amides is 1. The van der Waals surface area contributed by atoms with E-state index in [4.69, 9.17) is 0 Å². The van der Waals surface area contributed by atoms with Crippen LogP contribution in [0.15, 0.2) is 10.9 Å². The van der Waals surface area contributed by atoms with Crippen molar-refractivity contribution in [2.75, 3.05) is 32.7 Å². The molecule has 2 aliphatic rings. The van der Waals surface area contributed by atoms with Gasteiger partial charge in [-0.05, 0) is 19.8 Å². The Morgan fingerprint density at radius 2 is 2.00 bits per heavy atom.